The summed E-state index contributed by atoms with van der Waals surface area (Å²) >= 11 is 0. The molecule has 0 saturated carbocycles. The van der Waals surface area contributed by atoms with Gasteiger partial charge in [-0.15, -0.1) is 0 Å². The lowest BCUT2D eigenvalue weighted by molar-refractivity contribution is -0.116. The number of Topliss-reactive ketones (excluding diaryl/α,β-unsaturated/α-hetero) is 1. The summed E-state index contributed by atoms with van der Waals surface area (Å²) in [7, 11) is 0. The Kier molecular flexibility index (Phi) is 5.57. The maximum absolute atomic E-state index is 12.7. The van der Waals surface area contributed by atoms with Crippen molar-refractivity contribution in [2.24, 2.45) is 5.16 Å². The summed E-state index contributed by atoms with van der Waals surface area (Å²) in [6, 6.07) is 6.59. The van der Waals surface area contributed by atoms with E-state index in [1.54, 1.807) is 0 Å². The molecular weight excluding hydrogens is 314 g/mol. The van der Waals surface area contributed by atoms with Gasteiger partial charge >= 0.3 is 0 Å². The number of aliphatic hydroxyl groups is 1. The number of rotatable bonds is 5. The smallest absolute Gasteiger partial charge is 0.168 e. The Morgan fingerprint density at radius 1 is 1.20 bits per heavy atom. The molecule has 0 heterocycles. The molecule has 0 bridgehead atoms. The Morgan fingerprint density at radius 3 is 2.64 bits per heavy atom. The Morgan fingerprint density at radius 2 is 1.96 bits per heavy atom. The molecule has 0 amide bonds. The molecule has 1 unspecified atom stereocenters. The van der Waals surface area contributed by atoms with Gasteiger partial charge < -0.3 is 9.94 Å². The van der Waals surface area contributed by atoms with E-state index >= 15 is 0 Å². The standard InChI is InChI=1S/C21H27NO3/c1-3-18(22-25-4-2)21-19(23)12-17(13-20(21)24)16-10-9-14-7-5-6-8-15(14)11-16/h9-11,17,23H,3-8,12-13H2,1-2H3. The van der Waals surface area contributed by atoms with E-state index in [4.69, 9.17) is 4.84 Å². The van der Waals surface area contributed by atoms with Crippen LogP contribution in [-0.2, 0) is 22.5 Å². The van der Waals surface area contributed by atoms with Gasteiger partial charge in [-0.25, -0.2) is 0 Å². The van der Waals surface area contributed by atoms with Crippen molar-refractivity contribution in [1.82, 2.24) is 0 Å². The van der Waals surface area contributed by atoms with Crippen LogP contribution < -0.4 is 0 Å². The van der Waals surface area contributed by atoms with Crippen LogP contribution in [0.3, 0.4) is 0 Å². The molecule has 0 aliphatic heterocycles. The van der Waals surface area contributed by atoms with E-state index in [1.807, 2.05) is 13.8 Å². The monoisotopic (exact) mass is 341 g/mol. The first-order chi connectivity index (χ1) is 12.1. The van der Waals surface area contributed by atoms with Gasteiger partial charge in [0.15, 0.2) is 5.78 Å². The van der Waals surface area contributed by atoms with Crippen LogP contribution in [0.5, 0.6) is 0 Å². The number of benzene rings is 1. The number of aryl methyl sites for hydroxylation is 2. The van der Waals surface area contributed by atoms with Crippen molar-refractivity contribution >= 4 is 11.5 Å². The van der Waals surface area contributed by atoms with Crippen LogP contribution in [0.4, 0.5) is 0 Å². The van der Waals surface area contributed by atoms with Crippen LogP contribution >= 0.6 is 0 Å². The second kappa shape index (κ2) is 7.85. The highest BCUT2D eigenvalue weighted by molar-refractivity contribution is 6.23. The zero-order valence-corrected chi connectivity index (χ0v) is 15.2. The summed E-state index contributed by atoms with van der Waals surface area (Å²) in [5.41, 5.74) is 4.94. The minimum absolute atomic E-state index is 0.0354. The van der Waals surface area contributed by atoms with Crippen molar-refractivity contribution in [3.05, 3.63) is 46.2 Å². The molecule has 0 fully saturated rings. The van der Waals surface area contributed by atoms with Crippen LogP contribution in [0.2, 0.25) is 0 Å². The SMILES string of the molecule is CCON=C(CC)C1=C(O)CC(c2ccc3c(c2)CCCC3)CC1=O. The average Bonchev–Trinajstić information content (AvgIpc) is 2.63. The predicted octanol–water partition coefficient (Wildman–Crippen LogP) is 4.63. The fraction of sp³-hybridized carbons (Fsp3) is 0.524. The topological polar surface area (TPSA) is 58.9 Å². The van der Waals surface area contributed by atoms with E-state index in [0.29, 0.717) is 37.2 Å². The minimum Gasteiger partial charge on any atom is -0.511 e. The highest BCUT2D eigenvalue weighted by Gasteiger charge is 2.31. The Bertz CT molecular complexity index is 718. The fourth-order valence-electron chi connectivity index (χ4n) is 3.89. The van der Waals surface area contributed by atoms with Gasteiger partial charge in [0.05, 0.1) is 11.3 Å². The first kappa shape index (κ1) is 17.7. The average molecular weight is 341 g/mol. The molecule has 0 aromatic heterocycles. The first-order valence-electron chi connectivity index (χ1n) is 9.40. The molecule has 0 saturated heterocycles. The summed E-state index contributed by atoms with van der Waals surface area (Å²) in [4.78, 5) is 17.8. The van der Waals surface area contributed by atoms with Crippen LogP contribution in [0.1, 0.15) is 68.6 Å². The van der Waals surface area contributed by atoms with Gasteiger partial charge in [0, 0.05) is 12.8 Å². The third kappa shape index (κ3) is 3.78. The normalized spacial score (nSPS) is 21.3. The van der Waals surface area contributed by atoms with Gasteiger partial charge in [-0.1, -0.05) is 30.3 Å². The number of oxime groups is 1. The molecule has 4 heteroatoms. The summed E-state index contributed by atoms with van der Waals surface area (Å²) in [6.07, 6.45) is 6.26. The van der Waals surface area contributed by atoms with Crippen LogP contribution in [0.25, 0.3) is 0 Å². The molecule has 4 nitrogen and oxygen atoms in total. The summed E-state index contributed by atoms with van der Waals surface area (Å²) < 4.78 is 0. The molecule has 3 rings (SSSR count). The Labute approximate surface area is 149 Å². The number of allylic oxidation sites excluding steroid dienone is 2. The zero-order valence-electron chi connectivity index (χ0n) is 15.2. The predicted molar refractivity (Wildman–Crippen MR) is 99.1 cm³/mol. The van der Waals surface area contributed by atoms with Crippen molar-refractivity contribution in [2.75, 3.05) is 6.61 Å². The van der Waals surface area contributed by atoms with Crippen LogP contribution in [-0.4, -0.2) is 23.2 Å². The van der Waals surface area contributed by atoms with Crippen molar-refractivity contribution < 1.29 is 14.7 Å². The molecule has 0 radical (unpaired) electrons. The number of nitrogens with zero attached hydrogens (tertiary/aromatic N) is 1. The van der Waals surface area contributed by atoms with E-state index in [2.05, 4.69) is 23.4 Å². The lowest BCUT2D eigenvalue weighted by Gasteiger charge is -2.25. The van der Waals surface area contributed by atoms with Gasteiger partial charge in [0.25, 0.3) is 0 Å². The maximum atomic E-state index is 12.7. The first-order valence-corrected chi connectivity index (χ1v) is 9.40. The summed E-state index contributed by atoms with van der Waals surface area (Å²) in [5, 5.41) is 14.6. The van der Waals surface area contributed by atoms with Crippen LogP contribution in [0.15, 0.2) is 34.7 Å². The quantitative estimate of drug-likeness (QED) is 0.627. The van der Waals surface area contributed by atoms with Gasteiger partial charge in [-0.05, 0) is 61.6 Å². The number of carbonyl (C=O) groups excluding carboxylic acids is 1. The number of hydrogen-bond donors (Lipinski definition) is 1. The number of ketones is 1. The summed E-state index contributed by atoms with van der Waals surface area (Å²) in [6.45, 7) is 4.21. The van der Waals surface area contributed by atoms with Gasteiger partial charge in [-0.2, -0.15) is 0 Å². The molecule has 1 aromatic carbocycles. The highest BCUT2D eigenvalue weighted by atomic mass is 16.6. The lowest BCUT2D eigenvalue weighted by atomic mass is 9.79. The molecule has 1 atom stereocenters. The second-order valence-corrected chi connectivity index (χ2v) is 6.89. The van der Waals surface area contributed by atoms with E-state index in [1.165, 1.54) is 29.5 Å². The van der Waals surface area contributed by atoms with Gasteiger partial charge in [0.1, 0.15) is 12.4 Å². The number of aliphatic hydroxyl groups excluding tert-OH is 1. The molecular formula is C21H27NO3. The van der Waals surface area contributed by atoms with Crippen molar-refractivity contribution in [2.45, 2.75) is 64.7 Å². The van der Waals surface area contributed by atoms with E-state index < -0.39 is 0 Å². The second-order valence-electron chi connectivity index (χ2n) is 6.89. The van der Waals surface area contributed by atoms with Gasteiger partial charge in [-0.3, -0.25) is 4.79 Å². The molecule has 1 aromatic rings. The Hall–Kier alpha value is -2.10. The lowest BCUT2D eigenvalue weighted by Crippen LogP contribution is -2.24. The number of hydrogen-bond acceptors (Lipinski definition) is 4. The van der Waals surface area contributed by atoms with Crippen molar-refractivity contribution in [3.63, 3.8) is 0 Å². The molecule has 2 aliphatic rings. The molecule has 25 heavy (non-hydrogen) atoms. The maximum Gasteiger partial charge on any atom is 0.168 e. The summed E-state index contributed by atoms with van der Waals surface area (Å²) in [5.74, 6) is 0.166. The Balaban J connectivity index is 1.85. The minimum atomic E-state index is -0.0354. The van der Waals surface area contributed by atoms with E-state index in [-0.39, 0.29) is 17.5 Å². The highest BCUT2D eigenvalue weighted by Crippen LogP contribution is 2.36. The molecule has 0 spiro atoms. The van der Waals surface area contributed by atoms with Crippen LogP contribution in [0, 0.1) is 0 Å². The van der Waals surface area contributed by atoms with Crippen molar-refractivity contribution in [1.29, 1.82) is 0 Å². The third-order valence-electron chi connectivity index (χ3n) is 5.21. The molecule has 134 valence electrons. The van der Waals surface area contributed by atoms with Crippen molar-refractivity contribution in [3.8, 4) is 0 Å². The fourth-order valence-corrected chi connectivity index (χ4v) is 3.89. The molecule has 1 N–H and O–H groups in total. The number of carbonyl (C=O) groups is 1. The van der Waals surface area contributed by atoms with E-state index in [0.717, 1.165) is 12.8 Å². The van der Waals surface area contributed by atoms with E-state index in [9.17, 15) is 9.90 Å². The largest absolute Gasteiger partial charge is 0.511 e. The molecule has 2 aliphatic carbocycles. The third-order valence-corrected chi connectivity index (χ3v) is 5.21. The number of fused-ring (bicyclic) bond motifs is 1. The zero-order chi connectivity index (χ0) is 17.8. The van der Waals surface area contributed by atoms with Gasteiger partial charge in [0.2, 0.25) is 0 Å².